The molecule has 0 atom stereocenters. The van der Waals surface area contributed by atoms with Gasteiger partial charge in [-0.3, -0.25) is 4.79 Å². The highest BCUT2D eigenvalue weighted by molar-refractivity contribution is 5.77. The number of halogens is 3. The van der Waals surface area contributed by atoms with Gasteiger partial charge in [-0.1, -0.05) is 0 Å². The second kappa shape index (κ2) is 11.2. The standard InChI is InChI=1S/C22H30F3N7O3/c1-31-9-4-15(5-10-31)20-28-17(13-35-20)29-21-27-12-16(22(23,24)25)19(30-21)26-6-2-7-32-8-3-11-34-14-18(32)33/h12-13,15H,2-11,14H2,1H3,(H2,26,27,29,30). The van der Waals surface area contributed by atoms with Gasteiger partial charge in [-0.25, -0.2) is 4.98 Å². The van der Waals surface area contributed by atoms with E-state index in [0.717, 1.165) is 38.5 Å². The number of carbonyl (C=O) groups is 1. The first-order chi connectivity index (χ1) is 16.8. The maximum Gasteiger partial charge on any atom is 0.421 e. The van der Waals surface area contributed by atoms with Crippen molar-refractivity contribution in [2.75, 3.05) is 63.6 Å². The van der Waals surface area contributed by atoms with Crippen molar-refractivity contribution < 1.29 is 27.1 Å². The molecule has 0 aromatic carbocycles. The van der Waals surface area contributed by atoms with E-state index < -0.39 is 11.7 Å². The lowest BCUT2D eigenvalue weighted by Crippen LogP contribution is -2.34. The molecule has 0 saturated carbocycles. The lowest BCUT2D eigenvalue weighted by atomic mass is 9.97. The highest BCUT2D eigenvalue weighted by Gasteiger charge is 2.35. The molecular weight excluding hydrogens is 467 g/mol. The summed E-state index contributed by atoms with van der Waals surface area (Å²) in [6.07, 6.45) is 0.594. The van der Waals surface area contributed by atoms with E-state index in [2.05, 4.69) is 37.5 Å². The maximum atomic E-state index is 13.5. The second-order valence-electron chi connectivity index (χ2n) is 8.79. The molecule has 2 aromatic rings. The Balaban J connectivity index is 1.38. The van der Waals surface area contributed by atoms with Crippen molar-refractivity contribution in [3.63, 3.8) is 0 Å². The van der Waals surface area contributed by atoms with Gasteiger partial charge >= 0.3 is 6.18 Å². The molecule has 2 aromatic heterocycles. The Morgan fingerprint density at radius 1 is 1.20 bits per heavy atom. The summed E-state index contributed by atoms with van der Waals surface area (Å²) >= 11 is 0. The number of alkyl halides is 3. The van der Waals surface area contributed by atoms with Gasteiger partial charge in [-0.2, -0.15) is 23.1 Å². The number of hydrogen-bond acceptors (Lipinski definition) is 9. The molecule has 0 radical (unpaired) electrons. The quantitative estimate of drug-likeness (QED) is 0.532. The monoisotopic (exact) mass is 497 g/mol. The summed E-state index contributed by atoms with van der Waals surface area (Å²) in [5.74, 6) is 0.670. The van der Waals surface area contributed by atoms with Gasteiger partial charge in [0.05, 0.1) is 0 Å². The Hall–Kier alpha value is -2.93. The van der Waals surface area contributed by atoms with E-state index in [-0.39, 0.29) is 36.7 Å². The third-order valence-electron chi connectivity index (χ3n) is 6.12. The van der Waals surface area contributed by atoms with Gasteiger partial charge in [0.15, 0.2) is 11.7 Å². The van der Waals surface area contributed by atoms with E-state index in [9.17, 15) is 18.0 Å². The van der Waals surface area contributed by atoms with Crippen LogP contribution in [0, 0.1) is 0 Å². The van der Waals surface area contributed by atoms with E-state index in [4.69, 9.17) is 9.15 Å². The van der Waals surface area contributed by atoms with Crippen molar-refractivity contribution in [3.8, 4) is 0 Å². The van der Waals surface area contributed by atoms with E-state index in [1.807, 2.05) is 0 Å². The molecule has 13 heteroatoms. The predicted octanol–water partition coefficient (Wildman–Crippen LogP) is 3.09. The summed E-state index contributed by atoms with van der Waals surface area (Å²) in [7, 11) is 2.07. The molecule has 0 unspecified atom stereocenters. The molecule has 2 N–H and O–H groups in total. The number of amides is 1. The van der Waals surface area contributed by atoms with Crippen molar-refractivity contribution in [3.05, 3.63) is 23.9 Å². The van der Waals surface area contributed by atoms with Crippen molar-refractivity contribution in [1.29, 1.82) is 0 Å². The minimum Gasteiger partial charge on any atom is -0.446 e. The molecule has 35 heavy (non-hydrogen) atoms. The fraction of sp³-hybridized carbons (Fsp3) is 0.636. The number of nitrogens with one attached hydrogen (secondary N) is 2. The molecule has 2 saturated heterocycles. The van der Waals surface area contributed by atoms with Crippen LogP contribution in [0.3, 0.4) is 0 Å². The van der Waals surface area contributed by atoms with E-state index in [1.54, 1.807) is 4.90 Å². The maximum absolute atomic E-state index is 13.5. The lowest BCUT2D eigenvalue weighted by Gasteiger charge is -2.26. The third-order valence-corrected chi connectivity index (χ3v) is 6.12. The van der Waals surface area contributed by atoms with Gasteiger partial charge < -0.3 is 29.6 Å². The van der Waals surface area contributed by atoms with Crippen molar-refractivity contribution in [2.45, 2.75) is 37.8 Å². The number of piperidine rings is 1. The van der Waals surface area contributed by atoms with Crippen LogP contribution in [0.25, 0.3) is 0 Å². The Bertz CT molecular complexity index is 993. The van der Waals surface area contributed by atoms with Gasteiger partial charge in [0.1, 0.15) is 24.3 Å². The number of nitrogens with zero attached hydrogens (tertiary/aromatic N) is 5. The molecule has 2 aliphatic heterocycles. The van der Waals surface area contributed by atoms with Crippen LogP contribution in [0.1, 0.15) is 43.1 Å². The van der Waals surface area contributed by atoms with Crippen LogP contribution >= 0.6 is 0 Å². The highest BCUT2D eigenvalue weighted by Crippen LogP contribution is 2.34. The van der Waals surface area contributed by atoms with Gasteiger partial charge in [-0.15, -0.1) is 0 Å². The molecular formula is C22H30F3N7O3. The van der Waals surface area contributed by atoms with Gasteiger partial charge in [-0.05, 0) is 45.8 Å². The zero-order valence-electron chi connectivity index (χ0n) is 19.6. The van der Waals surface area contributed by atoms with Gasteiger partial charge in [0, 0.05) is 38.4 Å². The average Bonchev–Trinajstić information content (AvgIpc) is 3.18. The van der Waals surface area contributed by atoms with E-state index in [1.165, 1.54) is 6.26 Å². The normalized spacial score (nSPS) is 18.5. The number of rotatable bonds is 8. The molecule has 10 nitrogen and oxygen atoms in total. The Morgan fingerprint density at radius 3 is 2.77 bits per heavy atom. The number of hydrogen-bond donors (Lipinski definition) is 2. The molecule has 2 fully saturated rings. The van der Waals surface area contributed by atoms with Gasteiger partial charge in [0.2, 0.25) is 11.9 Å². The fourth-order valence-electron chi connectivity index (χ4n) is 4.13. The number of aromatic nitrogens is 3. The van der Waals surface area contributed by atoms with Crippen LogP contribution in [0.4, 0.5) is 30.8 Å². The Morgan fingerprint density at radius 2 is 2.00 bits per heavy atom. The van der Waals surface area contributed by atoms with Crippen molar-refractivity contribution >= 4 is 23.5 Å². The third kappa shape index (κ3) is 6.82. The second-order valence-corrected chi connectivity index (χ2v) is 8.79. The first kappa shape index (κ1) is 25.2. The number of likely N-dealkylation sites (tertiary alicyclic amines) is 1. The molecule has 4 rings (SSSR count). The summed E-state index contributed by atoms with van der Waals surface area (Å²) in [6.45, 7) is 3.66. The fourth-order valence-corrected chi connectivity index (χ4v) is 4.13. The minimum atomic E-state index is -4.62. The molecule has 192 valence electrons. The van der Waals surface area contributed by atoms with Crippen molar-refractivity contribution in [2.24, 2.45) is 0 Å². The molecule has 1 amide bonds. The number of anilines is 3. The number of carbonyl (C=O) groups excluding carboxylic acids is 1. The largest absolute Gasteiger partial charge is 0.446 e. The lowest BCUT2D eigenvalue weighted by molar-refractivity contribution is -0.137. The number of ether oxygens (including phenoxy) is 1. The van der Waals surface area contributed by atoms with E-state index in [0.29, 0.717) is 37.8 Å². The summed E-state index contributed by atoms with van der Waals surface area (Å²) in [4.78, 5) is 28.2. The summed E-state index contributed by atoms with van der Waals surface area (Å²) in [5, 5.41) is 5.58. The highest BCUT2D eigenvalue weighted by atomic mass is 19.4. The van der Waals surface area contributed by atoms with Crippen molar-refractivity contribution in [1.82, 2.24) is 24.8 Å². The van der Waals surface area contributed by atoms with Crippen LogP contribution in [0.15, 0.2) is 16.9 Å². The SMILES string of the molecule is CN1CCC(c2nc(Nc3ncc(C(F)(F)F)c(NCCCN4CCCOCC4=O)n3)co2)CC1. The summed E-state index contributed by atoms with van der Waals surface area (Å²) < 4.78 is 51.3. The van der Waals surface area contributed by atoms with Crippen LogP contribution in [-0.4, -0.2) is 83.6 Å². The molecule has 0 aliphatic carbocycles. The minimum absolute atomic E-state index is 0.0245. The zero-order chi connectivity index (χ0) is 24.8. The van der Waals surface area contributed by atoms with E-state index >= 15 is 0 Å². The molecule has 0 spiro atoms. The zero-order valence-corrected chi connectivity index (χ0v) is 19.6. The Labute approximate surface area is 201 Å². The topological polar surface area (TPSA) is 109 Å². The first-order valence-corrected chi connectivity index (χ1v) is 11.7. The van der Waals surface area contributed by atoms with Crippen LogP contribution < -0.4 is 10.6 Å². The summed E-state index contributed by atoms with van der Waals surface area (Å²) in [5.41, 5.74) is -0.963. The van der Waals surface area contributed by atoms with Crippen LogP contribution in [-0.2, 0) is 15.7 Å². The number of oxazole rings is 1. The first-order valence-electron chi connectivity index (χ1n) is 11.7. The summed E-state index contributed by atoms with van der Waals surface area (Å²) in [6, 6.07) is 0. The van der Waals surface area contributed by atoms with Gasteiger partial charge in [0.25, 0.3) is 0 Å². The smallest absolute Gasteiger partial charge is 0.421 e. The van der Waals surface area contributed by atoms with Crippen LogP contribution in [0.5, 0.6) is 0 Å². The molecule has 2 aliphatic rings. The average molecular weight is 498 g/mol. The molecule has 4 heterocycles. The predicted molar refractivity (Wildman–Crippen MR) is 121 cm³/mol. The Kier molecular flexibility index (Phi) is 8.06. The molecule has 0 bridgehead atoms. The van der Waals surface area contributed by atoms with Crippen LogP contribution in [0.2, 0.25) is 0 Å².